The van der Waals surface area contributed by atoms with Crippen LogP contribution >= 0.6 is 0 Å². The number of aromatic nitrogens is 2. The Hall–Kier alpha value is -1.85. The van der Waals surface area contributed by atoms with Crippen molar-refractivity contribution in [1.29, 1.82) is 0 Å². The predicted octanol–water partition coefficient (Wildman–Crippen LogP) is 1.52. The number of hydrogen-bond acceptors (Lipinski definition) is 5. The highest BCUT2D eigenvalue weighted by atomic mass is 16.5. The second-order valence-corrected chi connectivity index (χ2v) is 4.87. The smallest absolute Gasteiger partial charge is 0.359 e. The number of rotatable bonds is 2. The molecule has 0 atom stereocenters. The Morgan fingerprint density at radius 1 is 1.11 bits per heavy atom. The first-order chi connectivity index (χ1) is 8.23. The van der Waals surface area contributed by atoms with Gasteiger partial charge in [0, 0.05) is 0 Å². The van der Waals surface area contributed by atoms with Crippen molar-refractivity contribution in [3.05, 3.63) is 17.0 Å². The van der Waals surface area contributed by atoms with Gasteiger partial charge >= 0.3 is 11.9 Å². The standard InChI is InChI=1S/C12H18N2O4/c1-7-8(10(15)17-5)9(11(16)18-6)13-14(7)12(2,3)4/h1-6H3. The van der Waals surface area contributed by atoms with Gasteiger partial charge in [-0.2, -0.15) is 5.10 Å². The minimum absolute atomic E-state index is 0.0169. The summed E-state index contributed by atoms with van der Waals surface area (Å²) in [5.74, 6) is -1.25. The van der Waals surface area contributed by atoms with Crippen LogP contribution in [0.3, 0.4) is 0 Å². The fourth-order valence-corrected chi connectivity index (χ4v) is 1.74. The molecule has 1 heterocycles. The second kappa shape index (κ2) is 4.80. The summed E-state index contributed by atoms with van der Waals surface area (Å²) in [5.41, 5.74) is 0.366. The molecule has 0 radical (unpaired) electrons. The molecule has 1 aromatic rings. The number of methoxy groups -OCH3 is 2. The monoisotopic (exact) mass is 254 g/mol. The summed E-state index contributed by atoms with van der Waals surface area (Å²) in [5, 5.41) is 4.16. The van der Waals surface area contributed by atoms with Gasteiger partial charge in [-0.15, -0.1) is 0 Å². The Morgan fingerprint density at radius 3 is 2.00 bits per heavy atom. The second-order valence-electron chi connectivity index (χ2n) is 4.87. The van der Waals surface area contributed by atoms with Crippen LogP contribution in [0, 0.1) is 6.92 Å². The van der Waals surface area contributed by atoms with Crippen LogP contribution in [0.2, 0.25) is 0 Å². The van der Waals surface area contributed by atoms with Gasteiger partial charge in [0.1, 0.15) is 5.56 Å². The van der Waals surface area contributed by atoms with E-state index in [0.717, 1.165) is 0 Å². The summed E-state index contributed by atoms with van der Waals surface area (Å²) in [6.07, 6.45) is 0. The quantitative estimate of drug-likeness (QED) is 0.748. The van der Waals surface area contributed by atoms with E-state index in [1.54, 1.807) is 11.6 Å². The third-order valence-electron chi connectivity index (χ3n) is 2.52. The van der Waals surface area contributed by atoms with Gasteiger partial charge in [0.2, 0.25) is 0 Å². The maximum Gasteiger partial charge on any atom is 0.359 e. The van der Waals surface area contributed by atoms with Crippen LogP contribution in [0.4, 0.5) is 0 Å². The van der Waals surface area contributed by atoms with E-state index >= 15 is 0 Å². The van der Waals surface area contributed by atoms with E-state index in [0.29, 0.717) is 5.69 Å². The first-order valence-corrected chi connectivity index (χ1v) is 5.50. The lowest BCUT2D eigenvalue weighted by Crippen LogP contribution is -2.25. The van der Waals surface area contributed by atoms with Gasteiger partial charge in [0.25, 0.3) is 0 Å². The van der Waals surface area contributed by atoms with E-state index in [2.05, 4.69) is 14.6 Å². The molecule has 1 rings (SSSR count). The van der Waals surface area contributed by atoms with Crippen LogP contribution in [0.15, 0.2) is 0 Å². The lowest BCUT2D eigenvalue weighted by molar-refractivity contribution is 0.0551. The fourth-order valence-electron chi connectivity index (χ4n) is 1.74. The van der Waals surface area contributed by atoms with Crippen molar-refractivity contribution in [2.45, 2.75) is 33.2 Å². The summed E-state index contributed by atoms with van der Waals surface area (Å²) >= 11 is 0. The SMILES string of the molecule is COC(=O)c1nn(C(C)(C)C)c(C)c1C(=O)OC. The van der Waals surface area contributed by atoms with Crippen molar-refractivity contribution in [1.82, 2.24) is 9.78 Å². The Kier molecular flexibility index (Phi) is 3.79. The number of carbonyl (C=O) groups excluding carboxylic acids is 2. The van der Waals surface area contributed by atoms with Crippen LogP contribution in [0.5, 0.6) is 0 Å². The summed E-state index contributed by atoms with van der Waals surface area (Å²) < 4.78 is 10.9. The molecule has 18 heavy (non-hydrogen) atoms. The first kappa shape index (κ1) is 14.2. The molecule has 0 aromatic carbocycles. The highest BCUT2D eigenvalue weighted by molar-refractivity contribution is 6.02. The van der Waals surface area contributed by atoms with E-state index in [-0.39, 0.29) is 16.8 Å². The van der Waals surface area contributed by atoms with Crippen LogP contribution in [-0.4, -0.2) is 35.9 Å². The minimum atomic E-state index is -0.651. The third kappa shape index (κ3) is 2.37. The highest BCUT2D eigenvalue weighted by Crippen LogP contribution is 2.22. The van der Waals surface area contributed by atoms with Crippen molar-refractivity contribution in [3.8, 4) is 0 Å². The van der Waals surface area contributed by atoms with E-state index in [1.807, 2.05) is 20.8 Å². The van der Waals surface area contributed by atoms with Gasteiger partial charge in [-0.05, 0) is 27.7 Å². The average Bonchev–Trinajstić information content (AvgIpc) is 2.64. The molecule has 0 aliphatic carbocycles. The van der Waals surface area contributed by atoms with Crippen LogP contribution < -0.4 is 0 Å². The summed E-state index contributed by atoms with van der Waals surface area (Å²) in [7, 11) is 2.51. The number of ether oxygens (including phenoxy) is 2. The van der Waals surface area contributed by atoms with Crippen molar-refractivity contribution >= 4 is 11.9 Å². The van der Waals surface area contributed by atoms with E-state index in [4.69, 9.17) is 0 Å². The van der Waals surface area contributed by atoms with Gasteiger partial charge in [0.05, 0.1) is 25.5 Å². The zero-order valence-electron chi connectivity index (χ0n) is 11.5. The first-order valence-electron chi connectivity index (χ1n) is 5.50. The predicted molar refractivity (Wildman–Crippen MR) is 64.6 cm³/mol. The zero-order valence-corrected chi connectivity index (χ0v) is 11.5. The van der Waals surface area contributed by atoms with Crippen LogP contribution in [0.1, 0.15) is 47.3 Å². The number of esters is 2. The Bertz CT molecular complexity index is 483. The van der Waals surface area contributed by atoms with Crippen LogP contribution in [0.25, 0.3) is 0 Å². The summed E-state index contributed by atoms with van der Waals surface area (Å²) in [6.45, 7) is 7.50. The Morgan fingerprint density at radius 2 is 1.61 bits per heavy atom. The molecule has 0 unspecified atom stereocenters. The lowest BCUT2D eigenvalue weighted by Gasteiger charge is -2.21. The molecule has 100 valence electrons. The molecule has 6 heteroatoms. The molecule has 0 spiro atoms. The molecule has 0 fully saturated rings. The molecule has 0 bridgehead atoms. The molecule has 6 nitrogen and oxygen atoms in total. The van der Waals surface area contributed by atoms with Gasteiger partial charge in [-0.1, -0.05) is 0 Å². The average molecular weight is 254 g/mol. The van der Waals surface area contributed by atoms with Crippen molar-refractivity contribution in [2.24, 2.45) is 0 Å². The Balaban J connectivity index is 3.51. The Labute approximate surface area is 106 Å². The maximum absolute atomic E-state index is 11.7. The van der Waals surface area contributed by atoms with Crippen molar-refractivity contribution < 1.29 is 19.1 Å². The minimum Gasteiger partial charge on any atom is -0.465 e. The topological polar surface area (TPSA) is 70.4 Å². The largest absolute Gasteiger partial charge is 0.465 e. The number of hydrogen-bond donors (Lipinski definition) is 0. The van der Waals surface area contributed by atoms with Crippen molar-refractivity contribution in [2.75, 3.05) is 14.2 Å². The molecule has 1 aromatic heterocycles. The van der Waals surface area contributed by atoms with E-state index < -0.39 is 11.9 Å². The summed E-state index contributed by atoms with van der Waals surface area (Å²) in [4.78, 5) is 23.4. The number of carbonyl (C=O) groups is 2. The molecule has 0 amide bonds. The molecular weight excluding hydrogens is 236 g/mol. The molecule has 0 N–H and O–H groups in total. The molecular formula is C12H18N2O4. The zero-order chi connectivity index (χ0) is 14.1. The molecule has 0 saturated carbocycles. The lowest BCUT2D eigenvalue weighted by atomic mass is 10.1. The van der Waals surface area contributed by atoms with Crippen LogP contribution in [-0.2, 0) is 15.0 Å². The number of nitrogens with zero attached hydrogens (tertiary/aromatic N) is 2. The van der Waals surface area contributed by atoms with E-state index in [1.165, 1.54) is 14.2 Å². The van der Waals surface area contributed by atoms with E-state index in [9.17, 15) is 9.59 Å². The molecule has 0 aliphatic rings. The maximum atomic E-state index is 11.7. The van der Waals surface area contributed by atoms with Gasteiger partial charge in [-0.3, -0.25) is 4.68 Å². The normalized spacial score (nSPS) is 11.2. The summed E-state index contributed by atoms with van der Waals surface area (Å²) in [6, 6.07) is 0. The molecule has 0 saturated heterocycles. The van der Waals surface area contributed by atoms with Gasteiger partial charge < -0.3 is 9.47 Å². The van der Waals surface area contributed by atoms with Gasteiger partial charge in [-0.25, -0.2) is 9.59 Å². The highest BCUT2D eigenvalue weighted by Gasteiger charge is 2.30. The fraction of sp³-hybridized carbons (Fsp3) is 0.583. The molecule has 0 aliphatic heterocycles. The van der Waals surface area contributed by atoms with Crippen molar-refractivity contribution in [3.63, 3.8) is 0 Å². The van der Waals surface area contributed by atoms with Gasteiger partial charge in [0.15, 0.2) is 5.69 Å². The third-order valence-corrected chi connectivity index (χ3v) is 2.52.